The maximum absolute atomic E-state index is 11.9. The number of amides is 1. The molecule has 4 heteroatoms. The number of rotatable bonds is 3. The molecule has 0 spiro atoms. The van der Waals surface area contributed by atoms with Gasteiger partial charge in [0.1, 0.15) is 0 Å². The summed E-state index contributed by atoms with van der Waals surface area (Å²) in [6.07, 6.45) is 0.999. The molecule has 3 nitrogen and oxygen atoms in total. The molecule has 1 aliphatic heterocycles. The number of aliphatic hydroxyl groups is 1. The van der Waals surface area contributed by atoms with E-state index >= 15 is 0 Å². The van der Waals surface area contributed by atoms with E-state index in [1.54, 1.807) is 11.0 Å². The van der Waals surface area contributed by atoms with Crippen molar-refractivity contribution in [3.63, 3.8) is 0 Å². The zero-order valence-electron chi connectivity index (χ0n) is 9.11. The van der Waals surface area contributed by atoms with Crippen LogP contribution in [0.5, 0.6) is 0 Å². The summed E-state index contributed by atoms with van der Waals surface area (Å²) in [5, 5.41) is 9.57. The monoisotopic (exact) mass is 239 g/mol. The van der Waals surface area contributed by atoms with Crippen molar-refractivity contribution < 1.29 is 9.90 Å². The zero-order valence-corrected chi connectivity index (χ0v) is 9.87. The predicted octanol–water partition coefficient (Wildman–Crippen LogP) is 2.00. The largest absolute Gasteiger partial charge is 0.396 e. The second kappa shape index (κ2) is 4.44. The van der Waals surface area contributed by atoms with Crippen molar-refractivity contribution in [1.29, 1.82) is 0 Å². The van der Waals surface area contributed by atoms with Gasteiger partial charge >= 0.3 is 0 Å². The van der Waals surface area contributed by atoms with E-state index in [1.165, 1.54) is 0 Å². The van der Waals surface area contributed by atoms with E-state index in [0.717, 1.165) is 11.3 Å². The van der Waals surface area contributed by atoms with Crippen LogP contribution < -0.4 is 4.90 Å². The molecule has 0 aromatic heterocycles. The summed E-state index contributed by atoms with van der Waals surface area (Å²) in [5.74, 6) is 0.0817. The summed E-state index contributed by atoms with van der Waals surface area (Å²) >= 11 is 5.89. The quantitative estimate of drug-likeness (QED) is 0.877. The van der Waals surface area contributed by atoms with Crippen LogP contribution in [0.3, 0.4) is 0 Å². The Morgan fingerprint density at radius 3 is 3.00 bits per heavy atom. The molecular formula is C12H14ClNO2. The van der Waals surface area contributed by atoms with Crippen LogP contribution in [0.15, 0.2) is 18.2 Å². The van der Waals surface area contributed by atoms with Gasteiger partial charge in [0.25, 0.3) is 0 Å². The molecule has 86 valence electrons. The lowest BCUT2D eigenvalue weighted by molar-refractivity contribution is -0.117. The molecule has 16 heavy (non-hydrogen) atoms. The number of hydrogen-bond donors (Lipinski definition) is 1. The van der Waals surface area contributed by atoms with Gasteiger partial charge in [0, 0.05) is 23.4 Å². The number of anilines is 1. The summed E-state index contributed by atoms with van der Waals surface area (Å²) < 4.78 is 0. The Morgan fingerprint density at radius 2 is 2.31 bits per heavy atom. The molecular weight excluding hydrogens is 226 g/mol. The Morgan fingerprint density at radius 1 is 1.56 bits per heavy atom. The minimum atomic E-state index is 0.0277. The summed E-state index contributed by atoms with van der Waals surface area (Å²) in [6.45, 7) is 2.03. The van der Waals surface area contributed by atoms with Crippen LogP contribution in [-0.4, -0.2) is 23.7 Å². The second-order valence-electron chi connectivity index (χ2n) is 4.07. The molecule has 0 fully saturated rings. The van der Waals surface area contributed by atoms with E-state index in [1.807, 2.05) is 19.1 Å². The van der Waals surface area contributed by atoms with Crippen molar-refractivity contribution in [2.45, 2.75) is 25.8 Å². The molecule has 1 N–H and O–H groups in total. The third-order valence-electron chi connectivity index (χ3n) is 2.90. The van der Waals surface area contributed by atoms with Gasteiger partial charge in [-0.15, -0.1) is 0 Å². The molecule has 1 atom stereocenters. The van der Waals surface area contributed by atoms with E-state index in [2.05, 4.69) is 0 Å². The summed E-state index contributed by atoms with van der Waals surface area (Å²) in [5.41, 5.74) is 1.90. The highest BCUT2D eigenvalue weighted by Crippen LogP contribution is 2.33. The highest BCUT2D eigenvalue weighted by molar-refractivity contribution is 6.30. The fourth-order valence-electron chi connectivity index (χ4n) is 2.11. The van der Waals surface area contributed by atoms with Crippen LogP contribution in [0.2, 0.25) is 5.02 Å². The topological polar surface area (TPSA) is 40.5 Å². The average Bonchev–Trinajstić information content (AvgIpc) is 2.53. The Labute approximate surface area is 99.6 Å². The van der Waals surface area contributed by atoms with Gasteiger partial charge in [-0.3, -0.25) is 4.79 Å². The number of carbonyl (C=O) groups is 1. The number of carbonyl (C=O) groups excluding carboxylic acids is 1. The third-order valence-corrected chi connectivity index (χ3v) is 3.13. The molecule has 0 radical (unpaired) electrons. The normalized spacial score (nSPS) is 16.4. The van der Waals surface area contributed by atoms with Gasteiger partial charge in [-0.2, -0.15) is 0 Å². The van der Waals surface area contributed by atoms with Gasteiger partial charge in [-0.25, -0.2) is 0 Å². The van der Waals surface area contributed by atoms with E-state index < -0.39 is 0 Å². The summed E-state index contributed by atoms with van der Waals surface area (Å²) in [7, 11) is 0. The van der Waals surface area contributed by atoms with Crippen molar-refractivity contribution in [3.05, 3.63) is 28.8 Å². The van der Waals surface area contributed by atoms with Crippen molar-refractivity contribution in [2.75, 3.05) is 11.5 Å². The first kappa shape index (κ1) is 11.4. The van der Waals surface area contributed by atoms with Gasteiger partial charge in [-0.1, -0.05) is 11.6 Å². The van der Waals surface area contributed by atoms with E-state index in [4.69, 9.17) is 16.7 Å². The molecule has 1 aromatic carbocycles. The number of fused-ring (bicyclic) bond motifs is 1. The fraction of sp³-hybridized carbons (Fsp3) is 0.417. The predicted molar refractivity (Wildman–Crippen MR) is 63.8 cm³/mol. The molecule has 1 heterocycles. The van der Waals surface area contributed by atoms with Gasteiger partial charge in [0.05, 0.1) is 6.42 Å². The highest BCUT2D eigenvalue weighted by atomic mass is 35.5. The van der Waals surface area contributed by atoms with Gasteiger partial charge < -0.3 is 10.0 Å². The fourth-order valence-corrected chi connectivity index (χ4v) is 2.31. The van der Waals surface area contributed by atoms with Crippen molar-refractivity contribution >= 4 is 23.2 Å². The average molecular weight is 240 g/mol. The maximum atomic E-state index is 11.9. The molecule has 1 aromatic rings. The van der Waals surface area contributed by atoms with Crippen molar-refractivity contribution in [1.82, 2.24) is 0 Å². The first-order valence-corrected chi connectivity index (χ1v) is 5.72. The van der Waals surface area contributed by atoms with Gasteiger partial charge in [0.15, 0.2) is 0 Å². The molecule has 1 aliphatic rings. The van der Waals surface area contributed by atoms with Gasteiger partial charge in [-0.05, 0) is 37.1 Å². The van der Waals surface area contributed by atoms with E-state index in [-0.39, 0.29) is 18.6 Å². The standard InChI is InChI=1S/C12H14ClNO2/c1-8(4-5-15)14-11-3-2-10(13)6-9(11)7-12(14)16/h2-3,6,8,15H,4-5,7H2,1H3. The Kier molecular flexibility index (Phi) is 3.17. The van der Waals surface area contributed by atoms with Crippen LogP contribution in [0.4, 0.5) is 5.69 Å². The van der Waals surface area contributed by atoms with Crippen molar-refractivity contribution in [2.24, 2.45) is 0 Å². The SMILES string of the molecule is CC(CCO)N1C(=O)Cc2cc(Cl)ccc21. The summed E-state index contributed by atoms with van der Waals surface area (Å²) in [6, 6.07) is 5.52. The molecule has 0 saturated heterocycles. The first-order valence-electron chi connectivity index (χ1n) is 5.35. The van der Waals surface area contributed by atoms with Crippen LogP contribution in [0.25, 0.3) is 0 Å². The van der Waals surface area contributed by atoms with E-state index in [9.17, 15) is 4.79 Å². The maximum Gasteiger partial charge on any atom is 0.231 e. The summed E-state index contributed by atoms with van der Waals surface area (Å²) in [4.78, 5) is 13.6. The Bertz CT molecular complexity index is 419. The Balaban J connectivity index is 2.32. The molecule has 0 bridgehead atoms. The number of nitrogens with zero attached hydrogens (tertiary/aromatic N) is 1. The second-order valence-corrected chi connectivity index (χ2v) is 4.51. The zero-order chi connectivity index (χ0) is 11.7. The smallest absolute Gasteiger partial charge is 0.231 e. The number of benzene rings is 1. The van der Waals surface area contributed by atoms with Crippen molar-refractivity contribution in [3.8, 4) is 0 Å². The molecule has 0 saturated carbocycles. The molecule has 0 aliphatic carbocycles. The lowest BCUT2D eigenvalue weighted by atomic mass is 10.1. The van der Waals surface area contributed by atoms with Crippen LogP contribution in [0, 0.1) is 0 Å². The lowest BCUT2D eigenvalue weighted by Gasteiger charge is -2.24. The minimum Gasteiger partial charge on any atom is -0.396 e. The lowest BCUT2D eigenvalue weighted by Crippen LogP contribution is -2.36. The van der Waals surface area contributed by atoms with Crippen LogP contribution in [0.1, 0.15) is 18.9 Å². The first-order chi connectivity index (χ1) is 7.63. The molecule has 1 unspecified atom stereocenters. The Hall–Kier alpha value is -1.06. The highest BCUT2D eigenvalue weighted by Gasteiger charge is 2.30. The number of hydrogen-bond acceptors (Lipinski definition) is 2. The minimum absolute atomic E-state index is 0.0277. The van der Waals surface area contributed by atoms with E-state index in [0.29, 0.717) is 17.9 Å². The molecule has 1 amide bonds. The van der Waals surface area contributed by atoms with Crippen LogP contribution >= 0.6 is 11.6 Å². The number of halogens is 1. The number of aliphatic hydroxyl groups excluding tert-OH is 1. The van der Waals surface area contributed by atoms with Gasteiger partial charge in [0.2, 0.25) is 5.91 Å². The molecule has 2 rings (SSSR count). The third kappa shape index (κ3) is 1.93. The van der Waals surface area contributed by atoms with Crippen LogP contribution in [-0.2, 0) is 11.2 Å².